The van der Waals surface area contributed by atoms with Crippen LogP contribution in [0.4, 0.5) is 0 Å². The molecule has 14 heavy (non-hydrogen) atoms. The highest BCUT2D eigenvalue weighted by molar-refractivity contribution is 7.80. The molecule has 1 saturated carbocycles. The van der Waals surface area contributed by atoms with Gasteiger partial charge < -0.3 is 10.2 Å². The zero-order chi connectivity index (χ0) is 10.3. The lowest BCUT2D eigenvalue weighted by Crippen LogP contribution is -2.40. The Morgan fingerprint density at radius 1 is 1.43 bits per heavy atom. The Balaban J connectivity index is 1.79. The van der Waals surface area contributed by atoms with Gasteiger partial charge in [-0.15, -0.1) is 0 Å². The molecule has 0 spiro atoms. The maximum Gasteiger partial charge on any atom is 0.168 e. The van der Waals surface area contributed by atoms with E-state index in [1.165, 1.54) is 13.1 Å². The quantitative estimate of drug-likeness (QED) is 0.703. The van der Waals surface area contributed by atoms with Crippen LogP contribution in [0.5, 0.6) is 0 Å². The molecule has 1 heterocycles. The predicted molar refractivity (Wildman–Crippen MR) is 63.2 cm³/mol. The van der Waals surface area contributed by atoms with Gasteiger partial charge in [0.2, 0.25) is 0 Å². The largest absolute Gasteiger partial charge is 0.363 e. The summed E-state index contributed by atoms with van der Waals surface area (Å²) in [5, 5.41) is 4.27. The standard InChI is InChI=1S/C11H20N2S/c1-4-5-12-10(14)13-6-8-9(7-13)11(8,2)3/h8-9H,4-7H2,1-3H3,(H,12,14). The van der Waals surface area contributed by atoms with Crippen molar-refractivity contribution in [3.63, 3.8) is 0 Å². The molecule has 1 N–H and O–H groups in total. The van der Waals surface area contributed by atoms with Crippen LogP contribution >= 0.6 is 12.2 Å². The molecule has 2 fully saturated rings. The SMILES string of the molecule is CCCNC(=S)N1CC2C(C1)C2(C)C. The summed E-state index contributed by atoms with van der Waals surface area (Å²) in [5.41, 5.74) is 0.594. The maximum atomic E-state index is 5.34. The fourth-order valence-corrected chi connectivity index (χ4v) is 2.89. The van der Waals surface area contributed by atoms with Crippen LogP contribution in [0.3, 0.4) is 0 Å². The highest BCUT2D eigenvalue weighted by atomic mass is 32.1. The highest BCUT2D eigenvalue weighted by Crippen LogP contribution is 2.61. The zero-order valence-electron chi connectivity index (χ0n) is 9.34. The number of fused-ring (bicyclic) bond motifs is 1. The summed E-state index contributed by atoms with van der Waals surface area (Å²) >= 11 is 5.34. The van der Waals surface area contributed by atoms with Gasteiger partial charge in [0.15, 0.2) is 5.11 Å². The van der Waals surface area contributed by atoms with Crippen molar-refractivity contribution in [2.24, 2.45) is 17.3 Å². The fraction of sp³-hybridized carbons (Fsp3) is 0.909. The minimum absolute atomic E-state index is 0.594. The molecular formula is C11H20N2S. The molecular weight excluding hydrogens is 192 g/mol. The lowest BCUT2D eigenvalue weighted by Gasteiger charge is -2.24. The van der Waals surface area contributed by atoms with E-state index in [9.17, 15) is 0 Å². The summed E-state index contributed by atoms with van der Waals surface area (Å²) in [6.45, 7) is 10.3. The van der Waals surface area contributed by atoms with Gasteiger partial charge >= 0.3 is 0 Å². The Labute approximate surface area is 92.0 Å². The van der Waals surface area contributed by atoms with Gasteiger partial charge in [-0.25, -0.2) is 0 Å². The molecule has 2 rings (SSSR count). The summed E-state index contributed by atoms with van der Waals surface area (Å²) in [5.74, 6) is 1.78. The van der Waals surface area contributed by atoms with Gasteiger partial charge in [-0.3, -0.25) is 0 Å². The average molecular weight is 212 g/mol. The van der Waals surface area contributed by atoms with E-state index >= 15 is 0 Å². The van der Waals surface area contributed by atoms with E-state index < -0.39 is 0 Å². The Morgan fingerprint density at radius 3 is 2.50 bits per heavy atom. The second-order valence-electron chi connectivity index (χ2n) is 5.17. The second kappa shape index (κ2) is 3.37. The fourth-order valence-electron chi connectivity index (χ4n) is 2.64. The number of rotatable bonds is 2. The Morgan fingerprint density at radius 2 is 2.00 bits per heavy atom. The number of likely N-dealkylation sites (tertiary alicyclic amines) is 1. The van der Waals surface area contributed by atoms with Crippen molar-refractivity contribution in [2.75, 3.05) is 19.6 Å². The number of thiocarbonyl (C=S) groups is 1. The van der Waals surface area contributed by atoms with E-state index in [1.807, 2.05) is 0 Å². The number of nitrogens with one attached hydrogen (secondary N) is 1. The van der Waals surface area contributed by atoms with Crippen molar-refractivity contribution in [3.05, 3.63) is 0 Å². The van der Waals surface area contributed by atoms with Crippen LogP contribution in [0.25, 0.3) is 0 Å². The van der Waals surface area contributed by atoms with E-state index in [0.717, 1.165) is 29.9 Å². The van der Waals surface area contributed by atoms with Crippen LogP contribution < -0.4 is 5.32 Å². The molecule has 1 aliphatic heterocycles. The smallest absolute Gasteiger partial charge is 0.168 e. The topological polar surface area (TPSA) is 15.3 Å². The highest BCUT2D eigenvalue weighted by Gasteiger charge is 2.62. The molecule has 2 atom stereocenters. The number of hydrogen-bond donors (Lipinski definition) is 1. The molecule has 2 nitrogen and oxygen atoms in total. The minimum atomic E-state index is 0.594. The van der Waals surface area contributed by atoms with E-state index in [2.05, 4.69) is 31.0 Å². The van der Waals surface area contributed by atoms with Crippen molar-refractivity contribution in [1.29, 1.82) is 0 Å². The molecule has 0 amide bonds. The maximum absolute atomic E-state index is 5.34. The van der Waals surface area contributed by atoms with Crippen molar-refractivity contribution < 1.29 is 0 Å². The van der Waals surface area contributed by atoms with E-state index in [4.69, 9.17) is 12.2 Å². The Kier molecular flexibility index (Phi) is 2.46. The first-order valence-corrected chi connectivity index (χ1v) is 6.01. The molecule has 0 aromatic heterocycles. The van der Waals surface area contributed by atoms with Crippen molar-refractivity contribution in [3.8, 4) is 0 Å². The molecule has 3 heteroatoms. The van der Waals surface area contributed by atoms with Gasteiger partial charge in [-0.05, 0) is 35.9 Å². The van der Waals surface area contributed by atoms with E-state index in [1.54, 1.807) is 0 Å². The Hall–Kier alpha value is -0.310. The first kappa shape index (κ1) is 10.2. The van der Waals surface area contributed by atoms with Crippen LogP contribution in [0.1, 0.15) is 27.2 Å². The number of nitrogens with zero attached hydrogens (tertiary/aromatic N) is 1. The van der Waals surface area contributed by atoms with Gasteiger partial charge in [-0.1, -0.05) is 20.8 Å². The van der Waals surface area contributed by atoms with Crippen molar-refractivity contribution >= 4 is 17.3 Å². The lowest BCUT2D eigenvalue weighted by atomic mass is 10.1. The molecule has 0 bridgehead atoms. The first-order chi connectivity index (χ1) is 6.57. The minimum Gasteiger partial charge on any atom is -0.363 e. The molecule has 0 radical (unpaired) electrons. The second-order valence-corrected chi connectivity index (χ2v) is 5.56. The van der Waals surface area contributed by atoms with Gasteiger partial charge in [0.05, 0.1) is 0 Å². The monoisotopic (exact) mass is 212 g/mol. The van der Waals surface area contributed by atoms with Crippen molar-refractivity contribution in [2.45, 2.75) is 27.2 Å². The molecule has 0 aromatic carbocycles. The van der Waals surface area contributed by atoms with Crippen molar-refractivity contribution in [1.82, 2.24) is 10.2 Å². The van der Waals surface area contributed by atoms with Crippen LogP contribution in [0.15, 0.2) is 0 Å². The third kappa shape index (κ3) is 1.52. The summed E-state index contributed by atoms with van der Waals surface area (Å²) in [6.07, 6.45) is 1.15. The van der Waals surface area contributed by atoms with Crippen LogP contribution in [0, 0.1) is 17.3 Å². The summed E-state index contributed by atoms with van der Waals surface area (Å²) in [6, 6.07) is 0. The molecule has 2 unspecified atom stereocenters. The molecule has 0 aromatic rings. The predicted octanol–water partition coefficient (Wildman–Crippen LogP) is 1.86. The molecule has 2 aliphatic rings. The third-order valence-corrected chi connectivity index (χ3v) is 4.34. The molecule has 1 aliphatic carbocycles. The summed E-state index contributed by atoms with van der Waals surface area (Å²) < 4.78 is 0. The third-order valence-electron chi connectivity index (χ3n) is 3.94. The summed E-state index contributed by atoms with van der Waals surface area (Å²) in [4.78, 5) is 2.34. The molecule has 1 saturated heterocycles. The lowest BCUT2D eigenvalue weighted by molar-refractivity contribution is 0.358. The number of hydrogen-bond acceptors (Lipinski definition) is 1. The number of piperidine rings is 1. The van der Waals surface area contributed by atoms with Crippen LogP contribution in [0.2, 0.25) is 0 Å². The van der Waals surface area contributed by atoms with Gasteiger partial charge in [0.1, 0.15) is 0 Å². The summed E-state index contributed by atoms with van der Waals surface area (Å²) in [7, 11) is 0. The Bertz CT molecular complexity index is 236. The van der Waals surface area contributed by atoms with Gasteiger partial charge in [-0.2, -0.15) is 0 Å². The van der Waals surface area contributed by atoms with Crippen LogP contribution in [-0.4, -0.2) is 29.6 Å². The molecule has 80 valence electrons. The van der Waals surface area contributed by atoms with Gasteiger partial charge in [0.25, 0.3) is 0 Å². The zero-order valence-corrected chi connectivity index (χ0v) is 10.2. The first-order valence-electron chi connectivity index (χ1n) is 5.60. The normalized spacial score (nSPS) is 32.6. The van der Waals surface area contributed by atoms with Gasteiger partial charge in [0, 0.05) is 19.6 Å². The average Bonchev–Trinajstić information content (AvgIpc) is 2.57. The van der Waals surface area contributed by atoms with Crippen LogP contribution in [-0.2, 0) is 0 Å². The van der Waals surface area contributed by atoms with E-state index in [0.29, 0.717) is 5.41 Å². The van der Waals surface area contributed by atoms with E-state index in [-0.39, 0.29) is 0 Å².